The summed E-state index contributed by atoms with van der Waals surface area (Å²) in [6.07, 6.45) is 2.72. The Morgan fingerprint density at radius 3 is 2.67 bits per heavy atom. The van der Waals surface area contributed by atoms with E-state index in [4.69, 9.17) is 10.5 Å². The zero-order chi connectivity index (χ0) is 11.4. The van der Waals surface area contributed by atoms with Gasteiger partial charge < -0.3 is 10.5 Å². The highest BCUT2D eigenvalue weighted by molar-refractivity contribution is 5.81. The topological polar surface area (TPSA) is 72.6 Å². The molecule has 0 radical (unpaired) electrons. The Morgan fingerprint density at radius 1 is 1.47 bits per heavy atom. The Balaban J connectivity index is 2.73. The molecule has 86 valence electrons. The molecule has 2 N–H and O–H groups in total. The van der Waals surface area contributed by atoms with Crippen molar-refractivity contribution in [2.24, 2.45) is 5.73 Å². The highest BCUT2D eigenvalue weighted by Gasteiger charge is 2.34. The van der Waals surface area contributed by atoms with E-state index in [1.807, 2.05) is 4.90 Å². The van der Waals surface area contributed by atoms with E-state index in [2.05, 4.69) is 0 Å². The first-order chi connectivity index (χ1) is 7.07. The molecular weight excluding hydrogens is 196 g/mol. The first kappa shape index (κ1) is 12.0. The average molecular weight is 214 g/mol. The van der Waals surface area contributed by atoms with Crippen LogP contribution in [0.3, 0.4) is 0 Å². The summed E-state index contributed by atoms with van der Waals surface area (Å²) < 4.78 is 4.72. The number of piperidine rings is 1. The molecule has 0 saturated carbocycles. The number of hydrogen-bond donors (Lipinski definition) is 1. The minimum atomic E-state index is -0.408. The summed E-state index contributed by atoms with van der Waals surface area (Å²) in [5.74, 6) is -0.673. The molecule has 1 rings (SSSR count). The zero-order valence-corrected chi connectivity index (χ0v) is 9.23. The first-order valence-electron chi connectivity index (χ1n) is 5.20. The maximum Gasteiger partial charge on any atom is 0.323 e. The van der Waals surface area contributed by atoms with Crippen molar-refractivity contribution in [3.05, 3.63) is 0 Å². The van der Waals surface area contributed by atoms with Crippen LogP contribution in [-0.2, 0) is 14.3 Å². The van der Waals surface area contributed by atoms with E-state index in [0.29, 0.717) is 0 Å². The van der Waals surface area contributed by atoms with E-state index in [-0.39, 0.29) is 12.0 Å². The van der Waals surface area contributed by atoms with Gasteiger partial charge in [-0.25, -0.2) is 0 Å². The van der Waals surface area contributed by atoms with Gasteiger partial charge in [-0.3, -0.25) is 14.5 Å². The molecule has 15 heavy (non-hydrogen) atoms. The normalized spacial score (nSPS) is 24.5. The number of hydrogen-bond acceptors (Lipinski definition) is 4. The molecule has 5 nitrogen and oxygen atoms in total. The van der Waals surface area contributed by atoms with Crippen LogP contribution in [0.25, 0.3) is 0 Å². The standard InChI is InChI=1S/C10H18N2O3/c1-7(9(11)13)12-6-4-3-5-8(12)10(14)15-2/h7-8H,3-6H2,1-2H3,(H2,11,13). The number of esters is 1. The minimum absolute atomic E-state index is 0.275. The van der Waals surface area contributed by atoms with Gasteiger partial charge >= 0.3 is 5.97 Å². The van der Waals surface area contributed by atoms with Gasteiger partial charge in [0, 0.05) is 0 Å². The molecule has 1 aliphatic rings. The monoisotopic (exact) mass is 214 g/mol. The number of nitrogens with zero attached hydrogens (tertiary/aromatic N) is 1. The summed E-state index contributed by atoms with van der Waals surface area (Å²) in [5.41, 5.74) is 5.24. The van der Waals surface area contributed by atoms with E-state index in [9.17, 15) is 9.59 Å². The molecule has 1 amide bonds. The Morgan fingerprint density at radius 2 is 2.13 bits per heavy atom. The van der Waals surface area contributed by atoms with E-state index >= 15 is 0 Å². The fraction of sp³-hybridized carbons (Fsp3) is 0.800. The van der Waals surface area contributed by atoms with Gasteiger partial charge in [0.15, 0.2) is 0 Å². The smallest absolute Gasteiger partial charge is 0.323 e. The highest BCUT2D eigenvalue weighted by Crippen LogP contribution is 2.20. The highest BCUT2D eigenvalue weighted by atomic mass is 16.5. The number of rotatable bonds is 3. The van der Waals surface area contributed by atoms with Crippen molar-refractivity contribution >= 4 is 11.9 Å². The minimum Gasteiger partial charge on any atom is -0.468 e. The molecule has 1 fully saturated rings. The van der Waals surface area contributed by atoms with Gasteiger partial charge in [-0.1, -0.05) is 6.42 Å². The summed E-state index contributed by atoms with van der Waals surface area (Å²) in [4.78, 5) is 24.4. The van der Waals surface area contributed by atoms with Crippen LogP contribution < -0.4 is 5.73 Å². The Kier molecular flexibility index (Phi) is 4.08. The lowest BCUT2D eigenvalue weighted by atomic mass is 10.00. The predicted octanol–water partition coefficient (Wildman–Crippen LogP) is -0.112. The third kappa shape index (κ3) is 2.68. The molecular formula is C10H18N2O3. The second-order valence-electron chi connectivity index (χ2n) is 3.85. The second-order valence-corrected chi connectivity index (χ2v) is 3.85. The second kappa shape index (κ2) is 5.11. The van der Waals surface area contributed by atoms with Gasteiger partial charge in [0.25, 0.3) is 0 Å². The molecule has 0 aromatic heterocycles. The third-order valence-corrected chi connectivity index (χ3v) is 2.93. The lowest BCUT2D eigenvalue weighted by molar-refractivity contribution is -0.150. The summed E-state index contributed by atoms with van der Waals surface area (Å²) in [6, 6.07) is -0.722. The summed E-state index contributed by atoms with van der Waals surface area (Å²) in [5, 5.41) is 0. The largest absolute Gasteiger partial charge is 0.468 e. The van der Waals surface area contributed by atoms with Crippen LogP contribution in [0, 0.1) is 0 Å². The average Bonchev–Trinajstić information content (AvgIpc) is 2.27. The first-order valence-corrected chi connectivity index (χ1v) is 5.20. The lowest BCUT2D eigenvalue weighted by Gasteiger charge is -2.36. The van der Waals surface area contributed by atoms with Crippen molar-refractivity contribution in [2.75, 3.05) is 13.7 Å². The van der Waals surface area contributed by atoms with Crippen molar-refractivity contribution in [1.82, 2.24) is 4.90 Å². The Hall–Kier alpha value is -1.10. The maximum absolute atomic E-state index is 11.5. The SMILES string of the molecule is COC(=O)C1CCCCN1C(C)C(N)=O. The van der Waals surface area contributed by atoms with Crippen LogP contribution >= 0.6 is 0 Å². The molecule has 0 spiro atoms. The van der Waals surface area contributed by atoms with Crippen LogP contribution in [-0.4, -0.2) is 42.5 Å². The number of nitrogens with two attached hydrogens (primary N) is 1. The fourth-order valence-electron chi connectivity index (χ4n) is 1.97. The van der Waals surface area contributed by atoms with Crippen LogP contribution in [0.2, 0.25) is 0 Å². The molecule has 0 bridgehead atoms. The summed E-state index contributed by atoms with van der Waals surface area (Å²) in [7, 11) is 1.37. The summed E-state index contributed by atoms with van der Waals surface area (Å²) >= 11 is 0. The van der Waals surface area contributed by atoms with E-state index < -0.39 is 11.9 Å². The molecule has 0 aromatic rings. The van der Waals surface area contributed by atoms with Crippen molar-refractivity contribution < 1.29 is 14.3 Å². The van der Waals surface area contributed by atoms with E-state index in [1.165, 1.54) is 7.11 Å². The van der Waals surface area contributed by atoms with Gasteiger partial charge in [0.2, 0.25) is 5.91 Å². The van der Waals surface area contributed by atoms with Crippen molar-refractivity contribution in [3.63, 3.8) is 0 Å². The lowest BCUT2D eigenvalue weighted by Crippen LogP contribution is -2.53. The van der Waals surface area contributed by atoms with Gasteiger partial charge in [-0.15, -0.1) is 0 Å². The number of methoxy groups -OCH3 is 1. The van der Waals surface area contributed by atoms with E-state index in [1.54, 1.807) is 6.92 Å². The molecule has 1 aliphatic heterocycles. The van der Waals surface area contributed by atoms with Crippen LogP contribution in [0.4, 0.5) is 0 Å². The maximum atomic E-state index is 11.5. The molecule has 1 saturated heterocycles. The Bertz CT molecular complexity index is 255. The number of carbonyl (C=O) groups is 2. The number of amides is 1. The number of likely N-dealkylation sites (tertiary alicyclic amines) is 1. The van der Waals surface area contributed by atoms with Gasteiger partial charge in [-0.2, -0.15) is 0 Å². The molecule has 2 unspecified atom stereocenters. The van der Waals surface area contributed by atoms with Gasteiger partial charge in [0.1, 0.15) is 6.04 Å². The number of ether oxygens (including phenoxy) is 1. The van der Waals surface area contributed by atoms with Gasteiger partial charge in [0.05, 0.1) is 13.2 Å². The van der Waals surface area contributed by atoms with Crippen LogP contribution in [0.1, 0.15) is 26.2 Å². The van der Waals surface area contributed by atoms with Crippen LogP contribution in [0.15, 0.2) is 0 Å². The molecule has 0 aliphatic carbocycles. The number of carbonyl (C=O) groups excluding carboxylic acids is 2. The van der Waals surface area contributed by atoms with Crippen molar-refractivity contribution in [2.45, 2.75) is 38.3 Å². The van der Waals surface area contributed by atoms with Crippen molar-refractivity contribution in [3.8, 4) is 0 Å². The quantitative estimate of drug-likeness (QED) is 0.665. The van der Waals surface area contributed by atoms with E-state index in [0.717, 1.165) is 25.8 Å². The van der Waals surface area contributed by atoms with Crippen LogP contribution in [0.5, 0.6) is 0 Å². The predicted molar refractivity (Wildman–Crippen MR) is 55.0 cm³/mol. The summed E-state index contributed by atoms with van der Waals surface area (Å²) in [6.45, 7) is 2.45. The Labute approximate surface area is 89.6 Å². The zero-order valence-electron chi connectivity index (χ0n) is 9.23. The van der Waals surface area contributed by atoms with Gasteiger partial charge in [-0.05, 0) is 26.3 Å². The fourth-order valence-corrected chi connectivity index (χ4v) is 1.97. The molecule has 0 aromatic carbocycles. The third-order valence-electron chi connectivity index (χ3n) is 2.93. The molecule has 2 atom stereocenters. The van der Waals surface area contributed by atoms with Crippen molar-refractivity contribution in [1.29, 1.82) is 0 Å². The molecule has 5 heteroatoms. The number of primary amides is 1. The molecule has 1 heterocycles.